The molecule has 0 heterocycles. The van der Waals surface area contributed by atoms with Crippen LogP contribution in [0.1, 0.15) is 6.92 Å². The molecule has 0 saturated carbocycles. The number of benzene rings is 1. The number of nitro benzene ring substituents is 1. The van der Waals surface area contributed by atoms with Gasteiger partial charge in [0, 0.05) is 30.6 Å². The molecule has 0 spiro atoms. The third kappa shape index (κ3) is 3.59. The standard InChI is InChI=1S/C11H15FN2O2S/c1-8(7-17-3)13(2)10-4-9(12)5-11(6-10)14(15)16/h4-6,8H,7H2,1-3H3. The Morgan fingerprint density at radius 3 is 2.71 bits per heavy atom. The van der Waals surface area contributed by atoms with Gasteiger partial charge >= 0.3 is 0 Å². The Bertz CT molecular complexity index is 414. The summed E-state index contributed by atoms with van der Waals surface area (Å²) >= 11 is 1.68. The highest BCUT2D eigenvalue weighted by Crippen LogP contribution is 2.24. The number of thioether (sulfide) groups is 1. The van der Waals surface area contributed by atoms with Crippen LogP contribution < -0.4 is 4.90 Å². The lowest BCUT2D eigenvalue weighted by atomic mass is 10.2. The Balaban J connectivity index is 3.01. The monoisotopic (exact) mass is 258 g/mol. The molecule has 0 radical (unpaired) electrons. The van der Waals surface area contributed by atoms with Crippen LogP contribution in [0, 0.1) is 15.9 Å². The number of nitrogens with zero attached hydrogens (tertiary/aromatic N) is 2. The van der Waals surface area contributed by atoms with E-state index in [0.717, 1.165) is 11.8 Å². The van der Waals surface area contributed by atoms with Gasteiger partial charge in [-0.25, -0.2) is 4.39 Å². The van der Waals surface area contributed by atoms with E-state index < -0.39 is 10.7 Å². The molecule has 1 aromatic rings. The lowest BCUT2D eigenvalue weighted by molar-refractivity contribution is -0.385. The zero-order valence-corrected chi connectivity index (χ0v) is 10.8. The van der Waals surface area contributed by atoms with Gasteiger partial charge in [-0.15, -0.1) is 0 Å². The highest BCUT2D eigenvalue weighted by molar-refractivity contribution is 7.98. The van der Waals surface area contributed by atoms with Gasteiger partial charge in [-0.05, 0) is 19.2 Å². The lowest BCUT2D eigenvalue weighted by Crippen LogP contribution is -2.30. The van der Waals surface area contributed by atoms with Gasteiger partial charge < -0.3 is 4.90 Å². The third-order valence-corrected chi connectivity index (χ3v) is 3.37. The van der Waals surface area contributed by atoms with Crippen molar-refractivity contribution in [2.24, 2.45) is 0 Å². The molecule has 0 aliphatic heterocycles. The van der Waals surface area contributed by atoms with E-state index in [0.29, 0.717) is 5.69 Å². The lowest BCUT2D eigenvalue weighted by Gasteiger charge is -2.26. The zero-order chi connectivity index (χ0) is 13.0. The number of hydrogen-bond donors (Lipinski definition) is 0. The summed E-state index contributed by atoms with van der Waals surface area (Å²) in [4.78, 5) is 11.9. The number of rotatable bonds is 5. The SMILES string of the molecule is CSCC(C)N(C)c1cc(F)cc([N+](=O)[O-])c1. The van der Waals surface area contributed by atoms with Gasteiger partial charge in [0.25, 0.3) is 5.69 Å². The minimum atomic E-state index is -0.586. The van der Waals surface area contributed by atoms with Crippen LogP contribution in [0.5, 0.6) is 0 Å². The first-order valence-electron chi connectivity index (χ1n) is 5.12. The van der Waals surface area contributed by atoms with Gasteiger partial charge in [0.15, 0.2) is 0 Å². The molecule has 1 aromatic carbocycles. The minimum Gasteiger partial charge on any atom is -0.371 e. The Labute approximate surface area is 104 Å². The van der Waals surface area contributed by atoms with Crippen molar-refractivity contribution in [1.82, 2.24) is 0 Å². The average molecular weight is 258 g/mol. The molecule has 17 heavy (non-hydrogen) atoms. The van der Waals surface area contributed by atoms with Crippen LogP contribution in [0.15, 0.2) is 18.2 Å². The number of nitro groups is 1. The van der Waals surface area contributed by atoms with E-state index in [2.05, 4.69) is 0 Å². The predicted octanol–water partition coefficient (Wildman–Crippen LogP) is 2.92. The molecular formula is C11H15FN2O2S. The van der Waals surface area contributed by atoms with Crippen LogP contribution >= 0.6 is 11.8 Å². The van der Waals surface area contributed by atoms with E-state index >= 15 is 0 Å². The molecule has 1 rings (SSSR count). The molecule has 6 heteroatoms. The Morgan fingerprint density at radius 2 is 2.18 bits per heavy atom. The first-order chi connectivity index (χ1) is 7.95. The summed E-state index contributed by atoms with van der Waals surface area (Å²) in [5, 5.41) is 10.6. The fraction of sp³-hybridized carbons (Fsp3) is 0.455. The summed E-state index contributed by atoms with van der Waals surface area (Å²) in [5.41, 5.74) is 0.307. The predicted molar refractivity (Wildman–Crippen MR) is 69.3 cm³/mol. The Morgan fingerprint density at radius 1 is 1.53 bits per heavy atom. The van der Waals surface area contributed by atoms with Crippen molar-refractivity contribution in [3.8, 4) is 0 Å². The van der Waals surface area contributed by atoms with Crippen LogP contribution in [0.4, 0.5) is 15.8 Å². The number of hydrogen-bond acceptors (Lipinski definition) is 4. The fourth-order valence-electron chi connectivity index (χ4n) is 1.48. The molecule has 0 amide bonds. The summed E-state index contributed by atoms with van der Waals surface area (Å²) < 4.78 is 13.3. The van der Waals surface area contributed by atoms with Crippen LogP contribution in [0.25, 0.3) is 0 Å². The summed E-state index contributed by atoms with van der Waals surface area (Å²) in [6.07, 6.45) is 1.98. The van der Waals surface area contributed by atoms with Crippen molar-refractivity contribution in [3.05, 3.63) is 34.1 Å². The minimum absolute atomic E-state index is 0.186. The molecule has 0 N–H and O–H groups in total. The van der Waals surface area contributed by atoms with E-state index in [4.69, 9.17) is 0 Å². The van der Waals surface area contributed by atoms with E-state index in [1.807, 2.05) is 18.1 Å². The van der Waals surface area contributed by atoms with Gasteiger partial charge in [-0.2, -0.15) is 11.8 Å². The summed E-state index contributed by atoms with van der Waals surface area (Å²) in [7, 11) is 1.80. The topological polar surface area (TPSA) is 46.4 Å². The number of halogens is 1. The van der Waals surface area contributed by atoms with E-state index in [9.17, 15) is 14.5 Å². The molecule has 4 nitrogen and oxygen atoms in total. The molecule has 0 aliphatic carbocycles. The second-order valence-electron chi connectivity index (χ2n) is 3.84. The zero-order valence-electron chi connectivity index (χ0n) is 10.0. The smallest absolute Gasteiger partial charge is 0.274 e. The van der Waals surface area contributed by atoms with Gasteiger partial charge in [0.2, 0.25) is 0 Å². The molecule has 0 saturated heterocycles. The highest BCUT2D eigenvalue weighted by atomic mass is 32.2. The Kier molecular flexibility index (Phi) is 4.74. The molecule has 1 unspecified atom stereocenters. The molecule has 0 bridgehead atoms. The van der Waals surface area contributed by atoms with E-state index in [1.54, 1.807) is 18.8 Å². The molecule has 0 aromatic heterocycles. The molecule has 94 valence electrons. The van der Waals surface area contributed by atoms with Crippen molar-refractivity contribution in [2.45, 2.75) is 13.0 Å². The molecule has 0 aliphatic rings. The molecule has 0 fully saturated rings. The number of non-ortho nitro benzene ring substituents is 1. The first kappa shape index (κ1) is 13.8. The van der Waals surface area contributed by atoms with E-state index in [1.165, 1.54) is 12.1 Å². The second kappa shape index (κ2) is 5.86. The van der Waals surface area contributed by atoms with Crippen molar-refractivity contribution < 1.29 is 9.31 Å². The maximum Gasteiger partial charge on any atom is 0.274 e. The first-order valence-corrected chi connectivity index (χ1v) is 6.52. The Hall–Kier alpha value is -1.30. The van der Waals surface area contributed by atoms with Gasteiger partial charge in [0.1, 0.15) is 5.82 Å². The van der Waals surface area contributed by atoms with Crippen molar-refractivity contribution in [1.29, 1.82) is 0 Å². The van der Waals surface area contributed by atoms with E-state index in [-0.39, 0.29) is 11.7 Å². The van der Waals surface area contributed by atoms with Crippen molar-refractivity contribution in [3.63, 3.8) is 0 Å². The summed E-state index contributed by atoms with van der Waals surface area (Å²) in [6.45, 7) is 1.99. The van der Waals surface area contributed by atoms with Gasteiger partial charge in [-0.1, -0.05) is 0 Å². The quantitative estimate of drug-likeness (QED) is 0.602. The van der Waals surface area contributed by atoms with Crippen LogP contribution in [-0.4, -0.2) is 30.0 Å². The molecular weight excluding hydrogens is 243 g/mol. The van der Waals surface area contributed by atoms with Crippen LogP contribution in [-0.2, 0) is 0 Å². The van der Waals surface area contributed by atoms with Gasteiger partial charge in [-0.3, -0.25) is 10.1 Å². The van der Waals surface area contributed by atoms with Crippen LogP contribution in [0.2, 0.25) is 0 Å². The average Bonchev–Trinajstić information content (AvgIpc) is 2.27. The maximum atomic E-state index is 13.3. The fourth-order valence-corrected chi connectivity index (χ4v) is 2.18. The third-order valence-electron chi connectivity index (χ3n) is 2.55. The largest absolute Gasteiger partial charge is 0.371 e. The summed E-state index contributed by atoms with van der Waals surface area (Å²) in [5.74, 6) is 0.290. The van der Waals surface area contributed by atoms with Crippen molar-refractivity contribution in [2.75, 3.05) is 24.0 Å². The van der Waals surface area contributed by atoms with Crippen LogP contribution in [0.3, 0.4) is 0 Å². The second-order valence-corrected chi connectivity index (χ2v) is 4.75. The molecule has 1 atom stereocenters. The van der Waals surface area contributed by atoms with Crippen molar-refractivity contribution >= 4 is 23.1 Å². The highest BCUT2D eigenvalue weighted by Gasteiger charge is 2.15. The number of anilines is 1. The summed E-state index contributed by atoms with van der Waals surface area (Å²) in [6, 6.07) is 3.81. The van der Waals surface area contributed by atoms with Gasteiger partial charge in [0.05, 0.1) is 11.0 Å². The maximum absolute atomic E-state index is 13.3. The normalized spacial score (nSPS) is 12.2.